The molecule has 0 saturated carbocycles. The van der Waals surface area contributed by atoms with Gasteiger partial charge < -0.3 is 4.74 Å². The minimum absolute atomic E-state index is 0.180. The highest BCUT2D eigenvalue weighted by molar-refractivity contribution is 14.1. The summed E-state index contributed by atoms with van der Waals surface area (Å²) in [5.41, 5.74) is -0.217. The van der Waals surface area contributed by atoms with E-state index in [0.717, 1.165) is 0 Å². The molecule has 0 aliphatic heterocycles. The topological polar surface area (TPSA) is 39.2 Å². The van der Waals surface area contributed by atoms with Gasteiger partial charge in [0.1, 0.15) is 5.15 Å². The molecule has 1 aromatic heterocycles. The Hall–Kier alpha value is -0.500. The van der Waals surface area contributed by atoms with Gasteiger partial charge in [0, 0.05) is 9.77 Å². The summed E-state index contributed by atoms with van der Waals surface area (Å²) in [7, 11) is 0. The van der Waals surface area contributed by atoms with E-state index in [1.807, 2.05) is 22.6 Å². The third-order valence-electron chi connectivity index (χ3n) is 1.97. The van der Waals surface area contributed by atoms with Gasteiger partial charge in [-0.2, -0.15) is 0 Å². The van der Waals surface area contributed by atoms with Crippen LogP contribution in [0.4, 0.5) is 8.78 Å². The molecule has 0 radical (unpaired) electrons. The number of hydrogen-bond acceptors (Lipinski definition) is 3. The molecular formula is C10H9ClF2INO2. The molecule has 3 nitrogen and oxygen atoms in total. The molecule has 1 heterocycles. The van der Waals surface area contributed by atoms with Crippen LogP contribution in [-0.4, -0.2) is 17.6 Å². The number of esters is 1. The van der Waals surface area contributed by atoms with E-state index in [-0.39, 0.29) is 23.7 Å². The molecule has 0 N–H and O–H groups in total. The molecule has 17 heavy (non-hydrogen) atoms. The highest BCUT2D eigenvalue weighted by Gasteiger charge is 2.22. The Kier molecular flexibility index (Phi) is 5.51. The predicted octanol–water partition coefficient (Wildman–Crippen LogP) is 3.38. The number of nitrogens with zero attached hydrogens (tertiary/aromatic N) is 1. The molecule has 1 rings (SSSR count). The lowest BCUT2D eigenvalue weighted by Crippen LogP contribution is -2.12. The molecule has 0 bridgehead atoms. The van der Waals surface area contributed by atoms with E-state index in [1.54, 1.807) is 6.92 Å². The zero-order valence-electron chi connectivity index (χ0n) is 8.84. The predicted molar refractivity (Wildman–Crippen MR) is 67.3 cm³/mol. The van der Waals surface area contributed by atoms with Gasteiger partial charge in [0.15, 0.2) is 0 Å². The van der Waals surface area contributed by atoms with Crippen LogP contribution in [0.2, 0.25) is 5.15 Å². The Bertz CT molecular complexity index is 429. The third-order valence-corrected chi connectivity index (χ3v) is 3.20. The molecule has 0 aromatic carbocycles. The highest BCUT2D eigenvalue weighted by Crippen LogP contribution is 2.31. The summed E-state index contributed by atoms with van der Waals surface area (Å²) in [4.78, 5) is 15.0. The van der Waals surface area contributed by atoms with Crippen molar-refractivity contribution >= 4 is 40.2 Å². The van der Waals surface area contributed by atoms with Crippen molar-refractivity contribution in [2.24, 2.45) is 0 Å². The summed E-state index contributed by atoms with van der Waals surface area (Å²) in [6, 6.07) is 0. The van der Waals surface area contributed by atoms with Gasteiger partial charge in [0.2, 0.25) is 0 Å². The first kappa shape index (κ1) is 14.6. The van der Waals surface area contributed by atoms with Crippen LogP contribution in [-0.2, 0) is 16.0 Å². The summed E-state index contributed by atoms with van der Waals surface area (Å²) in [6.07, 6.45) is -1.65. The van der Waals surface area contributed by atoms with Gasteiger partial charge in [-0.25, -0.2) is 13.8 Å². The zero-order chi connectivity index (χ0) is 13.0. The molecule has 94 valence electrons. The number of pyridine rings is 1. The first-order valence-corrected chi connectivity index (χ1v) is 6.19. The van der Waals surface area contributed by atoms with E-state index in [0.29, 0.717) is 3.57 Å². The zero-order valence-corrected chi connectivity index (χ0v) is 11.8. The van der Waals surface area contributed by atoms with Gasteiger partial charge >= 0.3 is 5.97 Å². The fourth-order valence-electron chi connectivity index (χ4n) is 1.27. The number of alkyl halides is 2. The van der Waals surface area contributed by atoms with Gasteiger partial charge in [-0.1, -0.05) is 11.6 Å². The quantitative estimate of drug-likeness (QED) is 0.460. The molecule has 0 aliphatic carbocycles. The van der Waals surface area contributed by atoms with Crippen molar-refractivity contribution in [1.29, 1.82) is 0 Å². The van der Waals surface area contributed by atoms with Crippen LogP contribution in [0.15, 0.2) is 6.20 Å². The number of rotatable bonds is 4. The van der Waals surface area contributed by atoms with Crippen molar-refractivity contribution in [2.45, 2.75) is 19.8 Å². The van der Waals surface area contributed by atoms with E-state index >= 15 is 0 Å². The van der Waals surface area contributed by atoms with E-state index in [4.69, 9.17) is 16.3 Å². The molecule has 0 unspecified atom stereocenters. The van der Waals surface area contributed by atoms with E-state index in [1.165, 1.54) is 6.20 Å². The van der Waals surface area contributed by atoms with E-state index in [9.17, 15) is 13.6 Å². The molecule has 0 spiro atoms. The van der Waals surface area contributed by atoms with Crippen molar-refractivity contribution < 1.29 is 18.3 Å². The normalized spacial score (nSPS) is 10.7. The van der Waals surface area contributed by atoms with Crippen molar-refractivity contribution in [2.75, 3.05) is 6.61 Å². The van der Waals surface area contributed by atoms with Crippen LogP contribution in [0.3, 0.4) is 0 Å². The lowest BCUT2D eigenvalue weighted by Gasteiger charge is -2.11. The van der Waals surface area contributed by atoms with Gasteiger partial charge in [-0.15, -0.1) is 0 Å². The van der Waals surface area contributed by atoms with Crippen molar-refractivity contribution in [1.82, 2.24) is 4.98 Å². The second-order valence-corrected chi connectivity index (χ2v) is 4.59. The lowest BCUT2D eigenvalue weighted by atomic mass is 10.1. The van der Waals surface area contributed by atoms with Crippen LogP contribution in [0.5, 0.6) is 0 Å². The SMILES string of the molecule is CCOC(=O)Cc1c(I)cnc(Cl)c1C(F)F. The Morgan fingerprint density at radius 1 is 1.65 bits per heavy atom. The van der Waals surface area contributed by atoms with Crippen molar-refractivity contribution in [3.63, 3.8) is 0 Å². The minimum Gasteiger partial charge on any atom is -0.466 e. The summed E-state index contributed by atoms with van der Waals surface area (Å²) in [5.74, 6) is -0.561. The van der Waals surface area contributed by atoms with Crippen LogP contribution in [0, 0.1) is 3.57 Å². The number of halogens is 4. The first-order valence-electron chi connectivity index (χ1n) is 4.73. The van der Waals surface area contributed by atoms with Crippen LogP contribution in [0.1, 0.15) is 24.5 Å². The minimum atomic E-state index is -2.77. The Morgan fingerprint density at radius 2 is 2.29 bits per heavy atom. The van der Waals surface area contributed by atoms with E-state index < -0.39 is 18.0 Å². The number of aromatic nitrogens is 1. The maximum atomic E-state index is 12.8. The van der Waals surface area contributed by atoms with E-state index in [2.05, 4.69) is 4.98 Å². The second kappa shape index (κ2) is 6.44. The maximum Gasteiger partial charge on any atom is 0.310 e. The lowest BCUT2D eigenvalue weighted by molar-refractivity contribution is -0.142. The van der Waals surface area contributed by atoms with Crippen LogP contribution >= 0.6 is 34.2 Å². The average Bonchev–Trinajstić information content (AvgIpc) is 2.23. The van der Waals surface area contributed by atoms with Crippen molar-refractivity contribution in [3.8, 4) is 0 Å². The third kappa shape index (κ3) is 3.74. The number of carbonyl (C=O) groups excluding carboxylic acids is 1. The monoisotopic (exact) mass is 375 g/mol. The maximum absolute atomic E-state index is 12.8. The summed E-state index contributed by atoms with van der Waals surface area (Å²) in [5, 5.41) is -0.278. The Balaban J connectivity index is 3.12. The van der Waals surface area contributed by atoms with Gasteiger partial charge in [-0.3, -0.25) is 4.79 Å². The van der Waals surface area contributed by atoms with Crippen molar-refractivity contribution in [3.05, 3.63) is 26.0 Å². The van der Waals surface area contributed by atoms with Gasteiger partial charge in [-0.05, 0) is 35.1 Å². The molecule has 1 aromatic rings. The summed E-state index contributed by atoms with van der Waals surface area (Å²) in [6.45, 7) is 1.86. The number of ether oxygens (including phenoxy) is 1. The first-order chi connectivity index (χ1) is 7.97. The second-order valence-electron chi connectivity index (χ2n) is 3.07. The van der Waals surface area contributed by atoms with Gasteiger partial charge in [0.05, 0.1) is 18.6 Å². The fourth-order valence-corrected chi connectivity index (χ4v) is 2.14. The molecule has 0 atom stereocenters. The van der Waals surface area contributed by atoms with Crippen LogP contribution < -0.4 is 0 Å². The smallest absolute Gasteiger partial charge is 0.310 e. The molecule has 0 saturated heterocycles. The molecule has 0 aliphatic rings. The summed E-state index contributed by atoms with van der Waals surface area (Å²) < 4.78 is 30.8. The molecule has 0 fully saturated rings. The van der Waals surface area contributed by atoms with Crippen LogP contribution in [0.25, 0.3) is 0 Å². The molecule has 0 amide bonds. The largest absolute Gasteiger partial charge is 0.466 e. The summed E-state index contributed by atoms with van der Waals surface area (Å²) >= 11 is 7.45. The Morgan fingerprint density at radius 3 is 2.82 bits per heavy atom. The number of carbonyl (C=O) groups is 1. The molecular weight excluding hydrogens is 366 g/mol. The fraction of sp³-hybridized carbons (Fsp3) is 0.400. The average molecular weight is 376 g/mol. The standard InChI is InChI=1S/C10H9ClF2INO2/c1-2-17-7(16)3-5-6(14)4-15-9(11)8(5)10(12)13/h4,10H,2-3H2,1H3. The Labute approximate surface area is 116 Å². The molecule has 7 heteroatoms. The van der Waals surface area contributed by atoms with Gasteiger partial charge in [0.25, 0.3) is 6.43 Å². The number of hydrogen-bond donors (Lipinski definition) is 0. The highest BCUT2D eigenvalue weighted by atomic mass is 127.